The van der Waals surface area contributed by atoms with Crippen molar-refractivity contribution in [3.05, 3.63) is 21.2 Å². The van der Waals surface area contributed by atoms with Gasteiger partial charge in [0.2, 0.25) is 0 Å². The second-order valence-electron chi connectivity index (χ2n) is 4.02. The molecule has 4 nitrogen and oxygen atoms in total. The van der Waals surface area contributed by atoms with Crippen molar-refractivity contribution in [2.75, 3.05) is 11.4 Å². The van der Waals surface area contributed by atoms with Crippen LogP contribution in [-0.2, 0) is 0 Å². The molecule has 0 fully saturated rings. The maximum atomic E-state index is 7.29. The molecule has 1 aromatic rings. The van der Waals surface area contributed by atoms with Crippen LogP contribution in [0.25, 0.3) is 0 Å². The first-order valence-corrected chi connectivity index (χ1v) is 6.91. The minimum absolute atomic E-state index is 0.198. The summed E-state index contributed by atoms with van der Waals surface area (Å²) in [5, 5.41) is 7.29. The van der Waals surface area contributed by atoms with Gasteiger partial charge in [-0.3, -0.25) is 5.41 Å². The molecule has 6 heteroatoms. The van der Waals surface area contributed by atoms with Gasteiger partial charge in [0.25, 0.3) is 0 Å². The van der Waals surface area contributed by atoms with E-state index in [1.165, 1.54) is 0 Å². The molecule has 1 heterocycles. The number of rotatable bonds is 5. The molecular formula is C11H16Br2N4. The molecule has 0 radical (unpaired) electrons. The highest BCUT2D eigenvalue weighted by Crippen LogP contribution is 2.28. The van der Waals surface area contributed by atoms with E-state index in [4.69, 9.17) is 11.1 Å². The lowest BCUT2D eigenvalue weighted by atomic mass is 10.2. The maximum absolute atomic E-state index is 7.29. The Hall–Kier alpha value is -0.620. The maximum Gasteiger partial charge on any atom is 0.143 e. The van der Waals surface area contributed by atoms with Gasteiger partial charge in [0.15, 0.2) is 0 Å². The molecular weight excluding hydrogens is 348 g/mol. The van der Waals surface area contributed by atoms with Crippen LogP contribution in [0, 0.1) is 5.41 Å². The van der Waals surface area contributed by atoms with Crippen LogP contribution < -0.4 is 10.6 Å². The fraction of sp³-hybridized carbons (Fsp3) is 0.455. The van der Waals surface area contributed by atoms with Gasteiger partial charge in [0.05, 0.1) is 10.3 Å². The monoisotopic (exact) mass is 362 g/mol. The second kappa shape index (κ2) is 6.35. The van der Waals surface area contributed by atoms with Crippen LogP contribution in [0.4, 0.5) is 5.82 Å². The molecule has 17 heavy (non-hydrogen) atoms. The Morgan fingerprint density at radius 3 is 2.65 bits per heavy atom. The van der Waals surface area contributed by atoms with Crippen molar-refractivity contribution in [2.24, 2.45) is 5.73 Å². The van der Waals surface area contributed by atoms with Gasteiger partial charge in [0, 0.05) is 29.7 Å². The second-order valence-corrected chi connectivity index (χ2v) is 5.79. The first-order valence-electron chi connectivity index (χ1n) is 5.32. The van der Waals surface area contributed by atoms with Gasteiger partial charge >= 0.3 is 0 Å². The van der Waals surface area contributed by atoms with Gasteiger partial charge in [-0.1, -0.05) is 0 Å². The molecule has 0 aliphatic rings. The average molecular weight is 364 g/mol. The van der Waals surface area contributed by atoms with Crippen LogP contribution in [-0.4, -0.2) is 23.4 Å². The minimum Gasteiger partial charge on any atom is -0.388 e. The summed E-state index contributed by atoms with van der Waals surface area (Å²) in [6.45, 7) is 4.88. The number of nitrogens with one attached hydrogen (secondary N) is 1. The highest BCUT2D eigenvalue weighted by atomic mass is 79.9. The van der Waals surface area contributed by atoms with Crippen molar-refractivity contribution < 1.29 is 0 Å². The third kappa shape index (κ3) is 4.27. The van der Waals surface area contributed by atoms with Gasteiger partial charge in [-0.25, -0.2) is 4.98 Å². The molecule has 0 aromatic carbocycles. The van der Waals surface area contributed by atoms with Gasteiger partial charge in [-0.15, -0.1) is 0 Å². The Balaban J connectivity index is 2.93. The third-order valence-electron chi connectivity index (χ3n) is 2.31. The summed E-state index contributed by atoms with van der Waals surface area (Å²) in [5.41, 5.74) is 5.40. The lowest BCUT2D eigenvalue weighted by Gasteiger charge is -2.28. The zero-order valence-corrected chi connectivity index (χ0v) is 13.0. The normalized spacial score (nSPS) is 10.6. The number of hydrogen-bond acceptors (Lipinski definition) is 3. The summed E-state index contributed by atoms with van der Waals surface area (Å²) < 4.78 is 1.87. The van der Waals surface area contributed by atoms with E-state index >= 15 is 0 Å². The Labute approximate surface area is 118 Å². The molecule has 1 rings (SSSR count). The van der Waals surface area contributed by atoms with Crippen molar-refractivity contribution >= 4 is 43.5 Å². The predicted octanol–water partition coefficient (Wildman–Crippen LogP) is 3.15. The van der Waals surface area contributed by atoms with Crippen molar-refractivity contribution in [3.8, 4) is 0 Å². The lowest BCUT2D eigenvalue weighted by molar-refractivity contribution is 0.677. The molecule has 0 aliphatic heterocycles. The number of pyridine rings is 1. The Morgan fingerprint density at radius 1 is 1.53 bits per heavy atom. The number of amidine groups is 1. The summed E-state index contributed by atoms with van der Waals surface area (Å²) >= 11 is 6.88. The topological polar surface area (TPSA) is 66.0 Å². The first-order chi connectivity index (χ1) is 7.91. The number of halogens is 2. The van der Waals surface area contributed by atoms with Crippen molar-refractivity contribution in [1.29, 1.82) is 5.41 Å². The largest absolute Gasteiger partial charge is 0.388 e. The highest BCUT2D eigenvalue weighted by Gasteiger charge is 2.15. The van der Waals surface area contributed by atoms with E-state index in [1.54, 1.807) is 6.20 Å². The van der Waals surface area contributed by atoms with Gasteiger partial charge in [-0.05, 0) is 51.8 Å². The third-order valence-corrected chi connectivity index (χ3v) is 3.32. The number of nitrogens with zero attached hydrogens (tertiary/aromatic N) is 2. The van der Waals surface area contributed by atoms with Crippen LogP contribution in [0.1, 0.15) is 20.3 Å². The standard InChI is InChI=1S/C11H16Br2N4/c1-7(2)17(4-3-10(14)15)11-9(13)5-8(12)6-16-11/h5-7H,3-4H2,1-2H3,(H3,14,15). The van der Waals surface area contributed by atoms with E-state index in [0.717, 1.165) is 14.8 Å². The molecule has 3 N–H and O–H groups in total. The molecule has 1 aromatic heterocycles. The van der Waals surface area contributed by atoms with Crippen LogP contribution in [0.5, 0.6) is 0 Å². The van der Waals surface area contributed by atoms with Crippen LogP contribution in [0.3, 0.4) is 0 Å². The lowest BCUT2D eigenvalue weighted by Crippen LogP contribution is -2.34. The zero-order valence-electron chi connectivity index (χ0n) is 9.87. The summed E-state index contributed by atoms with van der Waals surface area (Å²) in [6.07, 6.45) is 2.31. The van der Waals surface area contributed by atoms with Crippen molar-refractivity contribution in [3.63, 3.8) is 0 Å². The average Bonchev–Trinajstić information content (AvgIpc) is 2.20. The van der Waals surface area contributed by atoms with Crippen molar-refractivity contribution in [1.82, 2.24) is 4.98 Å². The van der Waals surface area contributed by atoms with E-state index in [0.29, 0.717) is 19.0 Å². The molecule has 0 saturated carbocycles. The van der Waals surface area contributed by atoms with Crippen LogP contribution >= 0.6 is 31.9 Å². The smallest absolute Gasteiger partial charge is 0.143 e. The van der Waals surface area contributed by atoms with E-state index in [2.05, 4.69) is 55.6 Å². The SMILES string of the molecule is CC(C)N(CCC(=N)N)c1ncc(Br)cc1Br. The number of aromatic nitrogens is 1. The van der Waals surface area contributed by atoms with E-state index < -0.39 is 0 Å². The summed E-state index contributed by atoms with van der Waals surface area (Å²) in [4.78, 5) is 6.52. The van der Waals surface area contributed by atoms with Crippen molar-refractivity contribution in [2.45, 2.75) is 26.3 Å². The Kier molecular flexibility index (Phi) is 5.39. The molecule has 0 aliphatic carbocycles. The molecule has 94 valence electrons. The molecule has 0 spiro atoms. The summed E-state index contributed by atoms with van der Waals surface area (Å²) in [7, 11) is 0. The van der Waals surface area contributed by atoms with E-state index in [9.17, 15) is 0 Å². The molecule has 0 atom stereocenters. The van der Waals surface area contributed by atoms with Crippen LogP contribution in [0.15, 0.2) is 21.2 Å². The zero-order chi connectivity index (χ0) is 13.0. The Morgan fingerprint density at radius 2 is 2.18 bits per heavy atom. The summed E-state index contributed by atoms with van der Waals surface area (Å²) in [6, 6.07) is 2.27. The Bertz CT molecular complexity index is 406. The number of anilines is 1. The predicted molar refractivity (Wildman–Crippen MR) is 78.7 cm³/mol. The number of hydrogen-bond donors (Lipinski definition) is 2. The quantitative estimate of drug-likeness (QED) is 0.623. The van der Waals surface area contributed by atoms with Crippen LogP contribution in [0.2, 0.25) is 0 Å². The highest BCUT2D eigenvalue weighted by molar-refractivity contribution is 9.11. The van der Waals surface area contributed by atoms with Gasteiger partial charge < -0.3 is 10.6 Å². The summed E-state index contributed by atoms with van der Waals surface area (Å²) in [5.74, 6) is 1.08. The van der Waals surface area contributed by atoms with Gasteiger partial charge in [-0.2, -0.15) is 0 Å². The van der Waals surface area contributed by atoms with E-state index in [1.807, 2.05) is 6.07 Å². The minimum atomic E-state index is 0.198. The molecule has 0 saturated heterocycles. The first kappa shape index (κ1) is 14.4. The molecule has 0 amide bonds. The molecule has 0 bridgehead atoms. The fourth-order valence-electron chi connectivity index (χ4n) is 1.47. The fourth-order valence-corrected chi connectivity index (χ4v) is 2.68. The van der Waals surface area contributed by atoms with Gasteiger partial charge in [0.1, 0.15) is 5.82 Å². The van der Waals surface area contributed by atoms with E-state index in [-0.39, 0.29) is 5.84 Å². The number of nitrogens with two attached hydrogens (primary N) is 1. The molecule has 0 unspecified atom stereocenters.